The summed E-state index contributed by atoms with van der Waals surface area (Å²) >= 11 is 1.82. The fourth-order valence-electron chi connectivity index (χ4n) is 3.42. The summed E-state index contributed by atoms with van der Waals surface area (Å²) < 4.78 is 26.8. The number of nitrogens with zero attached hydrogens (tertiary/aromatic N) is 2. The first-order chi connectivity index (χ1) is 13.9. The van der Waals surface area contributed by atoms with Gasteiger partial charge in [0.2, 0.25) is 10.0 Å². The summed E-state index contributed by atoms with van der Waals surface area (Å²) in [6.45, 7) is 6.08. The second-order valence-electron chi connectivity index (χ2n) is 7.44. The summed E-state index contributed by atoms with van der Waals surface area (Å²) in [6.07, 6.45) is 2.83. The molecule has 158 valence electrons. The van der Waals surface area contributed by atoms with E-state index in [9.17, 15) is 8.42 Å². The average molecular weight is 435 g/mol. The zero-order valence-corrected chi connectivity index (χ0v) is 18.9. The van der Waals surface area contributed by atoms with Gasteiger partial charge < -0.3 is 10.6 Å². The van der Waals surface area contributed by atoms with Crippen LogP contribution in [0, 0.1) is 6.92 Å². The fraction of sp³-hybridized carbons (Fsp3) is 0.476. The smallest absolute Gasteiger partial charge is 0.243 e. The Morgan fingerprint density at radius 3 is 2.45 bits per heavy atom. The molecule has 29 heavy (non-hydrogen) atoms. The standard InChI is InChI=1S/C21H30N4O2S2/c1-16(14-19-9-6-17(2)28-19)24-21(22-3)23-15-18-7-10-20(11-8-18)29(26,27)25-12-4-5-13-25/h6-11,16H,4-5,12-15H2,1-3H3,(H2,22,23,24). The van der Waals surface area contributed by atoms with Gasteiger partial charge in [-0.2, -0.15) is 4.31 Å². The van der Waals surface area contributed by atoms with Crippen molar-refractivity contribution in [2.75, 3.05) is 20.1 Å². The average Bonchev–Trinajstić information content (AvgIpc) is 3.38. The molecular weight excluding hydrogens is 404 g/mol. The number of benzene rings is 1. The van der Waals surface area contributed by atoms with Crippen molar-refractivity contribution in [3.8, 4) is 0 Å². The number of aryl methyl sites for hydroxylation is 1. The van der Waals surface area contributed by atoms with E-state index in [0.29, 0.717) is 24.5 Å². The zero-order chi connectivity index (χ0) is 20.9. The fourth-order valence-corrected chi connectivity index (χ4v) is 5.95. The van der Waals surface area contributed by atoms with Crippen LogP contribution in [0.1, 0.15) is 35.1 Å². The Kier molecular flexibility index (Phi) is 7.32. The van der Waals surface area contributed by atoms with Crippen LogP contribution in [0.2, 0.25) is 0 Å². The van der Waals surface area contributed by atoms with E-state index in [-0.39, 0.29) is 6.04 Å². The Balaban J connectivity index is 1.53. The topological polar surface area (TPSA) is 73.8 Å². The van der Waals surface area contributed by atoms with Crippen molar-refractivity contribution in [1.82, 2.24) is 14.9 Å². The molecule has 1 aliphatic heterocycles. The van der Waals surface area contributed by atoms with Crippen molar-refractivity contribution in [1.29, 1.82) is 0 Å². The SMILES string of the molecule is CN=C(NCc1ccc(S(=O)(=O)N2CCCC2)cc1)NC(C)Cc1ccc(C)s1. The predicted octanol–water partition coefficient (Wildman–Crippen LogP) is 3.14. The number of aliphatic imine (C=N–C) groups is 1. The Morgan fingerprint density at radius 1 is 1.17 bits per heavy atom. The molecule has 1 aliphatic rings. The van der Waals surface area contributed by atoms with Crippen LogP contribution in [0.3, 0.4) is 0 Å². The third kappa shape index (κ3) is 5.81. The molecule has 1 atom stereocenters. The molecule has 3 rings (SSSR count). The lowest BCUT2D eigenvalue weighted by Gasteiger charge is -2.18. The first kappa shape index (κ1) is 21.8. The minimum Gasteiger partial charge on any atom is -0.354 e. The maximum Gasteiger partial charge on any atom is 0.243 e. The zero-order valence-electron chi connectivity index (χ0n) is 17.3. The number of nitrogens with one attached hydrogen (secondary N) is 2. The highest BCUT2D eigenvalue weighted by Gasteiger charge is 2.26. The highest BCUT2D eigenvalue weighted by molar-refractivity contribution is 7.89. The molecule has 2 N–H and O–H groups in total. The Hall–Kier alpha value is -1.90. The van der Waals surface area contributed by atoms with Gasteiger partial charge in [-0.05, 0) is 56.5 Å². The summed E-state index contributed by atoms with van der Waals surface area (Å²) in [7, 11) is -1.60. The van der Waals surface area contributed by atoms with Crippen molar-refractivity contribution >= 4 is 27.3 Å². The summed E-state index contributed by atoms with van der Waals surface area (Å²) in [6, 6.07) is 11.7. The highest BCUT2D eigenvalue weighted by Crippen LogP contribution is 2.21. The van der Waals surface area contributed by atoms with Gasteiger partial charge in [0.15, 0.2) is 5.96 Å². The summed E-state index contributed by atoms with van der Waals surface area (Å²) in [5, 5.41) is 6.71. The van der Waals surface area contributed by atoms with Gasteiger partial charge >= 0.3 is 0 Å². The van der Waals surface area contributed by atoms with Gasteiger partial charge in [-0.3, -0.25) is 4.99 Å². The lowest BCUT2D eigenvalue weighted by molar-refractivity contribution is 0.477. The first-order valence-electron chi connectivity index (χ1n) is 10.00. The van der Waals surface area contributed by atoms with E-state index in [1.807, 2.05) is 23.5 Å². The van der Waals surface area contributed by atoms with Crippen LogP contribution in [0.4, 0.5) is 0 Å². The quantitative estimate of drug-likeness (QED) is 0.519. The second kappa shape index (κ2) is 9.73. The van der Waals surface area contributed by atoms with Crippen molar-refractivity contribution in [2.45, 2.75) is 50.6 Å². The summed E-state index contributed by atoms with van der Waals surface area (Å²) in [5.41, 5.74) is 1.01. The molecule has 0 aliphatic carbocycles. The molecule has 1 fully saturated rings. The van der Waals surface area contributed by atoms with E-state index in [1.165, 1.54) is 9.75 Å². The number of guanidine groups is 1. The van der Waals surface area contributed by atoms with E-state index in [0.717, 1.165) is 30.8 Å². The van der Waals surface area contributed by atoms with Crippen LogP contribution in [0.5, 0.6) is 0 Å². The minimum atomic E-state index is -3.36. The number of hydrogen-bond donors (Lipinski definition) is 2. The number of rotatable bonds is 7. The molecule has 0 saturated carbocycles. The van der Waals surface area contributed by atoms with Crippen LogP contribution in [-0.4, -0.2) is 44.9 Å². The third-order valence-corrected chi connectivity index (χ3v) is 7.93. The largest absolute Gasteiger partial charge is 0.354 e. The maximum absolute atomic E-state index is 12.6. The number of sulfonamides is 1. The van der Waals surface area contributed by atoms with Gasteiger partial charge in [-0.1, -0.05) is 12.1 Å². The van der Waals surface area contributed by atoms with Crippen molar-refractivity contribution < 1.29 is 8.42 Å². The molecule has 1 aromatic heterocycles. The monoisotopic (exact) mass is 434 g/mol. The van der Waals surface area contributed by atoms with E-state index < -0.39 is 10.0 Å². The van der Waals surface area contributed by atoms with Gasteiger partial charge in [0.25, 0.3) is 0 Å². The predicted molar refractivity (Wildman–Crippen MR) is 120 cm³/mol. The van der Waals surface area contributed by atoms with Crippen LogP contribution in [0.15, 0.2) is 46.3 Å². The molecule has 0 spiro atoms. The first-order valence-corrected chi connectivity index (χ1v) is 12.3. The lowest BCUT2D eigenvalue weighted by Crippen LogP contribution is -2.42. The lowest BCUT2D eigenvalue weighted by atomic mass is 10.2. The molecule has 0 amide bonds. The molecule has 6 nitrogen and oxygen atoms in total. The van der Waals surface area contributed by atoms with Crippen LogP contribution in [0.25, 0.3) is 0 Å². The molecular formula is C21H30N4O2S2. The van der Waals surface area contributed by atoms with Crippen molar-refractivity contribution in [3.05, 3.63) is 51.7 Å². The molecule has 8 heteroatoms. The molecule has 2 aromatic rings. The normalized spacial score (nSPS) is 16.7. The minimum absolute atomic E-state index is 0.257. The van der Waals surface area contributed by atoms with Crippen molar-refractivity contribution in [3.63, 3.8) is 0 Å². The molecule has 2 heterocycles. The van der Waals surface area contributed by atoms with Crippen LogP contribution < -0.4 is 10.6 Å². The van der Waals surface area contributed by atoms with Gasteiger partial charge in [0.05, 0.1) is 4.90 Å². The van der Waals surface area contributed by atoms with Gasteiger partial charge in [-0.25, -0.2) is 8.42 Å². The van der Waals surface area contributed by atoms with Crippen LogP contribution >= 0.6 is 11.3 Å². The molecule has 1 aromatic carbocycles. The summed E-state index contributed by atoms with van der Waals surface area (Å²) in [4.78, 5) is 7.34. The Labute approximate surface area is 178 Å². The summed E-state index contributed by atoms with van der Waals surface area (Å²) in [5.74, 6) is 0.736. The van der Waals surface area contributed by atoms with Crippen LogP contribution in [-0.2, 0) is 23.0 Å². The third-order valence-electron chi connectivity index (χ3n) is 5.00. The van der Waals surface area contributed by atoms with Gasteiger partial charge in [0.1, 0.15) is 0 Å². The van der Waals surface area contributed by atoms with Crippen molar-refractivity contribution in [2.24, 2.45) is 4.99 Å². The van der Waals surface area contributed by atoms with E-state index in [1.54, 1.807) is 23.5 Å². The molecule has 0 radical (unpaired) electrons. The molecule has 1 unspecified atom stereocenters. The second-order valence-corrected chi connectivity index (χ2v) is 10.8. The number of thiophene rings is 1. The van der Waals surface area contributed by atoms with E-state index in [4.69, 9.17) is 0 Å². The molecule has 0 bridgehead atoms. The van der Waals surface area contributed by atoms with E-state index >= 15 is 0 Å². The Morgan fingerprint density at radius 2 is 1.86 bits per heavy atom. The molecule has 1 saturated heterocycles. The highest BCUT2D eigenvalue weighted by atomic mass is 32.2. The Bertz CT molecular complexity index is 930. The van der Waals surface area contributed by atoms with E-state index in [2.05, 4.69) is 41.6 Å². The number of hydrogen-bond acceptors (Lipinski definition) is 4. The van der Waals surface area contributed by atoms with Gasteiger partial charge in [-0.15, -0.1) is 11.3 Å². The van der Waals surface area contributed by atoms with Gasteiger partial charge in [0, 0.05) is 48.9 Å². The maximum atomic E-state index is 12.6.